The maximum atomic E-state index is 12.4. The first kappa shape index (κ1) is 17.2. The molecule has 2 aromatic carbocycles. The van der Waals surface area contributed by atoms with Crippen LogP contribution in [0.1, 0.15) is 18.0 Å². The molecule has 27 heavy (non-hydrogen) atoms. The largest absolute Gasteiger partial charge is 0.497 e. The minimum Gasteiger partial charge on any atom is -0.497 e. The van der Waals surface area contributed by atoms with Crippen LogP contribution in [-0.4, -0.2) is 29.1 Å². The van der Waals surface area contributed by atoms with E-state index in [0.717, 1.165) is 16.8 Å². The van der Waals surface area contributed by atoms with Crippen molar-refractivity contribution in [2.24, 2.45) is 10.2 Å². The highest BCUT2D eigenvalue weighted by Gasteiger charge is 2.30. The second kappa shape index (κ2) is 7.18. The van der Waals surface area contributed by atoms with Crippen molar-refractivity contribution in [1.29, 1.82) is 0 Å². The number of para-hydroxylation sites is 1. The lowest BCUT2D eigenvalue weighted by Gasteiger charge is -2.09. The molecule has 138 valence electrons. The lowest BCUT2D eigenvalue weighted by molar-refractivity contribution is -0.120. The molecule has 0 spiro atoms. The fraction of sp³-hybridized carbons (Fsp3) is 0.211. The van der Waals surface area contributed by atoms with Gasteiger partial charge in [-0.1, -0.05) is 30.3 Å². The summed E-state index contributed by atoms with van der Waals surface area (Å²) in [6, 6.07) is 14.5. The zero-order valence-corrected chi connectivity index (χ0v) is 14.6. The van der Waals surface area contributed by atoms with E-state index in [0.29, 0.717) is 11.8 Å². The summed E-state index contributed by atoms with van der Waals surface area (Å²) in [5.41, 5.74) is 8.11. The van der Waals surface area contributed by atoms with E-state index in [1.54, 1.807) is 13.2 Å². The number of nitrogens with zero attached hydrogens (tertiary/aromatic N) is 2. The number of carbonyl (C=O) groups is 1. The topological polar surface area (TPSA) is 111 Å². The Morgan fingerprint density at radius 1 is 1.15 bits per heavy atom. The zero-order valence-electron chi connectivity index (χ0n) is 14.6. The Morgan fingerprint density at radius 3 is 2.70 bits per heavy atom. The summed E-state index contributed by atoms with van der Waals surface area (Å²) < 4.78 is 5.16. The van der Waals surface area contributed by atoms with Gasteiger partial charge in [-0.3, -0.25) is 4.79 Å². The van der Waals surface area contributed by atoms with Gasteiger partial charge in [-0.05, 0) is 30.2 Å². The third kappa shape index (κ3) is 3.40. The van der Waals surface area contributed by atoms with Gasteiger partial charge in [0.2, 0.25) is 5.88 Å². The molecule has 1 aliphatic heterocycles. The fourth-order valence-corrected chi connectivity index (χ4v) is 3.16. The third-order valence-electron chi connectivity index (χ3n) is 4.63. The highest BCUT2D eigenvalue weighted by atomic mass is 16.5. The molecule has 2 heterocycles. The molecule has 4 rings (SSSR count). The summed E-state index contributed by atoms with van der Waals surface area (Å²) in [6.45, 7) is 0. The van der Waals surface area contributed by atoms with Crippen LogP contribution < -0.4 is 15.6 Å². The number of ether oxygens (including phenoxy) is 1. The summed E-state index contributed by atoms with van der Waals surface area (Å²) in [5.74, 6) is 0.272. The van der Waals surface area contributed by atoms with Gasteiger partial charge in [-0.2, -0.15) is 0 Å². The number of H-pyrrole nitrogens is 1. The minimum absolute atomic E-state index is 0.0125. The smallest absolute Gasteiger partial charge is 0.282 e. The fourth-order valence-electron chi connectivity index (χ4n) is 3.16. The van der Waals surface area contributed by atoms with E-state index in [9.17, 15) is 9.90 Å². The van der Waals surface area contributed by atoms with E-state index in [2.05, 4.69) is 26.1 Å². The predicted molar refractivity (Wildman–Crippen MR) is 99.9 cm³/mol. The Morgan fingerprint density at radius 2 is 1.93 bits per heavy atom. The van der Waals surface area contributed by atoms with Crippen molar-refractivity contribution in [3.63, 3.8) is 0 Å². The van der Waals surface area contributed by atoms with Crippen LogP contribution >= 0.6 is 0 Å². The van der Waals surface area contributed by atoms with Gasteiger partial charge < -0.3 is 14.8 Å². The number of azo groups is 1. The third-order valence-corrected chi connectivity index (χ3v) is 4.63. The molecule has 0 aliphatic carbocycles. The SMILES string of the molecule is COc1ccc(C2CC(C(=O)N=Nc3c(O)[nH]c4ccccc34)NN2)cc1. The summed E-state index contributed by atoms with van der Waals surface area (Å²) in [4.78, 5) is 15.2. The molecule has 1 fully saturated rings. The van der Waals surface area contributed by atoms with Gasteiger partial charge in [0.05, 0.1) is 12.6 Å². The number of hydrazine groups is 1. The predicted octanol–water partition coefficient (Wildman–Crippen LogP) is 3.10. The zero-order chi connectivity index (χ0) is 18.8. The lowest BCUT2D eigenvalue weighted by atomic mass is 10.0. The number of rotatable bonds is 4. The van der Waals surface area contributed by atoms with E-state index in [-0.39, 0.29) is 17.6 Å². The average molecular weight is 365 g/mol. The van der Waals surface area contributed by atoms with Crippen molar-refractivity contribution in [1.82, 2.24) is 15.8 Å². The number of amides is 1. The Bertz CT molecular complexity index is 996. The molecule has 1 aromatic heterocycles. The van der Waals surface area contributed by atoms with Crippen LogP contribution in [0.3, 0.4) is 0 Å². The molecule has 0 bridgehead atoms. The normalized spacial score (nSPS) is 19.7. The number of hydrogen-bond donors (Lipinski definition) is 4. The lowest BCUT2D eigenvalue weighted by Crippen LogP contribution is -2.35. The van der Waals surface area contributed by atoms with Crippen LogP contribution in [0.4, 0.5) is 5.69 Å². The Balaban J connectivity index is 1.45. The van der Waals surface area contributed by atoms with E-state index in [1.165, 1.54) is 0 Å². The second-order valence-corrected chi connectivity index (χ2v) is 6.31. The summed E-state index contributed by atoms with van der Waals surface area (Å²) in [7, 11) is 1.62. The highest BCUT2D eigenvalue weighted by Crippen LogP contribution is 2.35. The Labute approximate surface area is 155 Å². The summed E-state index contributed by atoms with van der Waals surface area (Å²) >= 11 is 0. The highest BCUT2D eigenvalue weighted by molar-refractivity contribution is 5.94. The minimum atomic E-state index is -0.492. The first-order valence-electron chi connectivity index (χ1n) is 8.56. The van der Waals surface area contributed by atoms with Crippen LogP contribution in [0.25, 0.3) is 10.9 Å². The second-order valence-electron chi connectivity index (χ2n) is 6.31. The van der Waals surface area contributed by atoms with Gasteiger partial charge in [-0.15, -0.1) is 10.2 Å². The molecule has 1 saturated heterocycles. The van der Waals surface area contributed by atoms with Crippen molar-refractivity contribution < 1.29 is 14.6 Å². The molecular weight excluding hydrogens is 346 g/mol. The van der Waals surface area contributed by atoms with Gasteiger partial charge in [0.1, 0.15) is 11.8 Å². The number of aromatic nitrogens is 1. The van der Waals surface area contributed by atoms with Gasteiger partial charge in [0.15, 0.2) is 5.69 Å². The molecular formula is C19H19N5O3. The molecule has 3 aromatic rings. The van der Waals surface area contributed by atoms with Gasteiger partial charge in [-0.25, -0.2) is 10.9 Å². The van der Waals surface area contributed by atoms with Crippen LogP contribution in [0, 0.1) is 0 Å². The molecule has 1 amide bonds. The van der Waals surface area contributed by atoms with E-state index in [1.807, 2.05) is 42.5 Å². The first-order valence-corrected chi connectivity index (χ1v) is 8.56. The van der Waals surface area contributed by atoms with Crippen LogP contribution in [0.15, 0.2) is 58.8 Å². The molecule has 2 atom stereocenters. The number of methoxy groups -OCH3 is 1. The van der Waals surface area contributed by atoms with Crippen LogP contribution in [0.5, 0.6) is 11.6 Å². The maximum Gasteiger partial charge on any atom is 0.282 e. The molecule has 0 radical (unpaired) electrons. The Hall–Kier alpha value is -3.23. The van der Waals surface area contributed by atoms with Crippen molar-refractivity contribution >= 4 is 22.5 Å². The van der Waals surface area contributed by atoms with Crippen LogP contribution in [0.2, 0.25) is 0 Å². The van der Waals surface area contributed by atoms with E-state index >= 15 is 0 Å². The summed E-state index contributed by atoms with van der Waals surface area (Å²) in [5, 5.41) is 18.5. The van der Waals surface area contributed by atoms with E-state index < -0.39 is 11.9 Å². The monoisotopic (exact) mass is 365 g/mol. The number of carbonyl (C=O) groups excluding carboxylic acids is 1. The molecule has 0 saturated carbocycles. The standard InChI is InChI=1S/C19H19N5O3/c1-27-12-8-6-11(7-9-12)15-10-16(22-21-15)18(25)24-23-17-13-4-2-3-5-14(13)20-19(17)26/h2-9,15-16,20-22,26H,10H2,1H3. The summed E-state index contributed by atoms with van der Waals surface area (Å²) in [6.07, 6.45) is 0.546. The number of aromatic amines is 1. The molecule has 1 aliphatic rings. The number of fused-ring (bicyclic) bond motifs is 1. The van der Waals surface area contributed by atoms with Gasteiger partial charge >= 0.3 is 0 Å². The average Bonchev–Trinajstić information content (AvgIpc) is 3.31. The van der Waals surface area contributed by atoms with E-state index in [4.69, 9.17) is 4.74 Å². The number of aromatic hydroxyl groups is 1. The van der Waals surface area contributed by atoms with Crippen molar-refractivity contribution in [3.8, 4) is 11.6 Å². The molecule has 8 heteroatoms. The number of nitrogens with one attached hydrogen (secondary N) is 3. The number of hydrogen-bond acceptors (Lipinski definition) is 6. The molecule has 2 unspecified atom stereocenters. The van der Waals surface area contributed by atoms with Crippen molar-refractivity contribution in [2.45, 2.75) is 18.5 Å². The molecule has 8 nitrogen and oxygen atoms in total. The van der Waals surface area contributed by atoms with Crippen LogP contribution in [-0.2, 0) is 4.79 Å². The quantitative estimate of drug-likeness (QED) is 0.531. The maximum absolute atomic E-state index is 12.4. The van der Waals surface area contributed by atoms with Crippen molar-refractivity contribution in [3.05, 3.63) is 54.1 Å². The van der Waals surface area contributed by atoms with Crippen molar-refractivity contribution in [2.75, 3.05) is 7.11 Å². The Kier molecular flexibility index (Phi) is 4.57. The first-order chi connectivity index (χ1) is 13.2. The molecule has 4 N–H and O–H groups in total. The van der Waals surface area contributed by atoms with Gasteiger partial charge in [0, 0.05) is 11.4 Å². The van der Waals surface area contributed by atoms with Gasteiger partial charge in [0.25, 0.3) is 5.91 Å². The number of benzene rings is 2.